The summed E-state index contributed by atoms with van der Waals surface area (Å²) < 4.78 is 5.61. The molecule has 7 nitrogen and oxygen atoms in total. The first-order chi connectivity index (χ1) is 11.6. The van der Waals surface area contributed by atoms with Crippen LogP contribution in [0.2, 0.25) is 0 Å². The van der Waals surface area contributed by atoms with Gasteiger partial charge in [-0.25, -0.2) is 0 Å². The molecule has 3 heterocycles. The summed E-state index contributed by atoms with van der Waals surface area (Å²) in [7, 11) is 0. The highest BCUT2D eigenvalue weighted by Crippen LogP contribution is 2.25. The molecule has 0 bridgehead atoms. The predicted octanol–water partition coefficient (Wildman–Crippen LogP) is 0.198. The zero-order valence-corrected chi connectivity index (χ0v) is 14.1. The number of carbonyl (C=O) groups excluding carboxylic acids is 1. The Kier molecular flexibility index (Phi) is 4.32. The van der Waals surface area contributed by atoms with Crippen molar-refractivity contribution >= 4 is 5.91 Å². The molecule has 3 aliphatic rings. The van der Waals surface area contributed by atoms with Crippen LogP contribution < -0.4 is 0 Å². The van der Waals surface area contributed by atoms with E-state index in [1.807, 2.05) is 0 Å². The van der Waals surface area contributed by atoms with Gasteiger partial charge in [-0.15, -0.1) is 0 Å². The van der Waals surface area contributed by atoms with E-state index in [0.29, 0.717) is 31.9 Å². The van der Waals surface area contributed by atoms with Crippen molar-refractivity contribution in [2.45, 2.75) is 37.7 Å². The third kappa shape index (κ3) is 3.08. The second-order valence-electron chi connectivity index (χ2n) is 7.37. The van der Waals surface area contributed by atoms with Crippen LogP contribution in [0.25, 0.3) is 0 Å². The largest absolute Gasteiger partial charge is 0.384 e. The highest BCUT2D eigenvalue weighted by Gasteiger charge is 2.38. The van der Waals surface area contributed by atoms with E-state index in [1.54, 1.807) is 4.90 Å². The summed E-state index contributed by atoms with van der Waals surface area (Å²) in [5.74, 6) is -0.0836. The SMILES string of the molecule is O=C(c1n[nH]c2c1CCC2)N1CCOC[C@@](O)(CN2CCCC2)C1. The standard InChI is InChI=1S/C17H26N4O3/c22-16(15-13-4-3-5-14(13)18-19-15)21-8-9-24-12-17(23,11-21)10-20-6-1-2-7-20/h23H,1-12H2,(H,18,19)/t17-/m1/s1. The Balaban J connectivity index is 1.50. The zero-order chi connectivity index (χ0) is 16.6. The number of nitrogens with one attached hydrogen (secondary N) is 1. The van der Waals surface area contributed by atoms with E-state index in [1.165, 1.54) is 12.8 Å². The molecule has 1 atom stereocenters. The van der Waals surface area contributed by atoms with Gasteiger partial charge < -0.3 is 19.6 Å². The molecule has 2 aliphatic heterocycles. The molecule has 1 aliphatic carbocycles. The lowest BCUT2D eigenvalue weighted by Gasteiger charge is -2.33. The number of aromatic nitrogens is 2. The van der Waals surface area contributed by atoms with Crippen molar-refractivity contribution in [1.82, 2.24) is 20.0 Å². The van der Waals surface area contributed by atoms with Crippen molar-refractivity contribution in [2.24, 2.45) is 0 Å². The summed E-state index contributed by atoms with van der Waals surface area (Å²) in [4.78, 5) is 16.9. The molecule has 0 unspecified atom stereocenters. The lowest BCUT2D eigenvalue weighted by molar-refractivity contribution is -0.0524. The number of nitrogens with zero attached hydrogens (tertiary/aromatic N) is 3. The summed E-state index contributed by atoms with van der Waals surface area (Å²) in [5, 5.41) is 18.3. The molecule has 2 fully saturated rings. The third-order valence-corrected chi connectivity index (χ3v) is 5.37. The number of H-pyrrole nitrogens is 1. The number of hydrogen-bond donors (Lipinski definition) is 2. The Hall–Kier alpha value is -1.44. The van der Waals surface area contributed by atoms with Gasteiger partial charge in [0.2, 0.25) is 0 Å². The number of ether oxygens (including phenoxy) is 1. The van der Waals surface area contributed by atoms with E-state index in [-0.39, 0.29) is 12.5 Å². The number of hydrogen-bond acceptors (Lipinski definition) is 5. The molecule has 7 heteroatoms. The summed E-state index contributed by atoms with van der Waals surface area (Å²) >= 11 is 0. The van der Waals surface area contributed by atoms with Gasteiger partial charge in [0.1, 0.15) is 5.60 Å². The van der Waals surface area contributed by atoms with Gasteiger partial charge in [0.15, 0.2) is 5.69 Å². The van der Waals surface area contributed by atoms with E-state index < -0.39 is 5.60 Å². The first-order valence-corrected chi connectivity index (χ1v) is 9.02. The fourth-order valence-electron chi connectivity index (χ4n) is 4.19. The van der Waals surface area contributed by atoms with Gasteiger partial charge in [-0.3, -0.25) is 9.89 Å². The van der Waals surface area contributed by atoms with Crippen LogP contribution >= 0.6 is 0 Å². The van der Waals surface area contributed by atoms with Gasteiger partial charge >= 0.3 is 0 Å². The minimum absolute atomic E-state index is 0.0836. The number of likely N-dealkylation sites (tertiary alicyclic amines) is 1. The Morgan fingerprint density at radius 2 is 2.08 bits per heavy atom. The molecule has 0 saturated carbocycles. The maximum absolute atomic E-state index is 13.0. The molecular weight excluding hydrogens is 308 g/mol. The smallest absolute Gasteiger partial charge is 0.274 e. The molecule has 4 rings (SSSR count). The van der Waals surface area contributed by atoms with Gasteiger partial charge in [-0.2, -0.15) is 5.10 Å². The Bertz CT molecular complexity index is 611. The van der Waals surface area contributed by atoms with Crippen LogP contribution in [0.4, 0.5) is 0 Å². The molecule has 2 saturated heterocycles. The minimum atomic E-state index is -1.00. The molecule has 132 valence electrons. The molecule has 1 aromatic rings. The maximum Gasteiger partial charge on any atom is 0.274 e. The first kappa shape index (κ1) is 16.1. The van der Waals surface area contributed by atoms with E-state index in [9.17, 15) is 9.90 Å². The Morgan fingerprint density at radius 1 is 1.25 bits per heavy atom. The lowest BCUT2D eigenvalue weighted by atomic mass is 10.0. The second-order valence-corrected chi connectivity index (χ2v) is 7.37. The number of amides is 1. The van der Waals surface area contributed by atoms with Crippen molar-refractivity contribution in [2.75, 3.05) is 45.9 Å². The van der Waals surface area contributed by atoms with Crippen LogP contribution in [-0.2, 0) is 17.6 Å². The van der Waals surface area contributed by atoms with Crippen molar-refractivity contribution in [3.8, 4) is 0 Å². The summed E-state index contributed by atoms with van der Waals surface area (Å²) in [6, 6.07) is 0. The van der Waals surface area contributed by atoms with Crippen LogP contribution in [0.5, 0.6) is 0 Å². The number of aromatic amines is 1. The molecular formula is C17H26N4O3. The van der Waals surface area contributed by atoms with Crippen LogP contribution in [0, 0.1) is 0 Å². The van der Waals surface area contributed by atoms with E-state index >= 15 is 0 Å². The summed E-state index contributed by atoms with van der Waals surface area (Å²) in [5.41, 5.74) is 1.69. The van der Waals surface area contributed by atoms with Gasteiger partial charge in [-0.05, 0) is 45.2 Å². The van der Waals surface area contributed by atoms with Crippen LogP contribution in [0.3, 0.4) is 0 Å². The van der Waals surface area contributed by atoms with Gasteiger partial charge in [0.05, 0.1) is 19.8 Å². The van der Waals surface area contributed by atoms with Crippen LogP contribution in [0.1, 0.15) is 41.0 Å². The molecule has 0 radical (unpaired) electrons. The van der Waals surface area contributed by atoms with Gasteiger partial charge in [0, 0.05) is 24.3 Å². The molecule has 0 aromatic carbocycles. The van der Waals surface area contributed by atoms with Crippen molar-refractivity contribution < 1.29 is 14.6 Å². The number of β-amino-alcohol motifs (C(OH)–C–C–N with tert-alkyl or cyclic N) is 1. The second kappa shape index (κ2) is 6.46. The third-order valence-electron chi connectivity index (χ3n) is 5.37. The predicted molar refractivity (Wildman–Crippen MR) is 88.0 cm³/mol. The number of aryl methyl sites for hydroxylation is 1. The fraction of sp³-hybridized carbons (Fsp3) is 0.765. The van der Waals surface area contributed by atoms with E-state index in [4.69, 9.17) is 4.74 Å². The lowest BCUT2D eigenvalue weighted by Crippen LogP contribution is -2.53. The van der Waals surface area contributed by atoms with E-state index in [2.05, 4.69) is 15.1 Å². The normalized spacial score (nSPS) is 28.1. The number of aliphatic hydroxyl groups is 1. The van der Waals surface area contributed by atoms with Crippen LogP contribution in [0.15, 0.2) is 0 Å². The Morgan fingerprint density at radius 3 is 2.92 bits per heavy atom. The summed E-state index contributed by atoms with van der Waals surface area (Å²) in [6.07, 6.45) is 5.32. The number of fused-ring (bicyclic) bond motifs is 1. The first-order valence-electron chi connectivity index (χ1n) is 9.02. The Labute approximate surface area is 142 Å². The van der Waals surface area contributed by atoms with Crippen molar-refractivity contribution in [3.63, 3.8) is 0 Å². The molecule has 24 heavy (non-hydrogen) atoms. The topological polar surface area (TPSA) is 81.7 Å². The molecule has 0 spiro atoms. The van der Waals surface area contributed by atoms with Crippen molar-refractivity contribution in [3.05, 3.63) is 17.0 Å². The fourth-order valence-corrected chi connectivity index (χ4v) is 4.19. The highest BCUT2D eigenvalue weighted by molar-refractivity contribution is 5.94. The average molecular weight is 334 g/mol. The van der Waals surface area contributed by atoms with Gasteiger partial charge in [0.25, 0.3) is 5.91 Å². The zero-order valence-electron chi connectivity index (χ0n) is 14.1. The van der Waals surface area contributed by atoms with Gasteiger partial charge in [-0.1, -0.05) is 0 Å². The molecule has 1 amide bonds. The number of rotatable bonds is 3. The summed E-state index contributed by atoms with van der Waals surface area (Å²) in [6.45, 7) is 4.15. The highest BCUT2D eigenvalue weighted by atomic mass is 16.5. The minimum Gasteiger partial charge on any atom is -0.384 e. The maximum atomic E-state index is 13.0. The number of carbonyl (C=O) groups is 1. The average Bonchev–Trinajstić information content (AvgIpc) is 3.25. The quantitative estimate of drug-likeness (QED) is 0.825. The molecule has 2 N–H and O–H groups in total. The van der Waals surface area contributed by atoms with E-state index in [0.717, 1.165) is 43.6 Å². The molecule has 1 aromatic heterocycles. The van der Waals surface area contributed by atoms with Crippen LogP contribution in [-0.4, -0.2) is 82.5 Å². The van der Waals surface area contributed by atoms with Crippen molar-refractivity contribution in [1.29, 1.82) is 0 Å². The monoisotopic (exact) mass is 334 g/mol.